The summed E-state index contributed by atoms with van der Waals surface area (Å²) in [6.45, 7) is 10.7. The summed E-state index contributed by atoms with van der Waals surface area (Å²) < 4.78 is 16.9. The molecule has 0 spiro atoms. The Labute approximate surface area is 113 Å². The van der Waals surface area contributed by atoms with Crippen molar-refractivity contribution in [3.63, 3.8) is 0 Å². The van der Waals surface area contributed by atoms with Crippen LogP contribution in [-0.4, -0.2) is 54.0 Å². The average Bonchev–Trinajstić information content (AvgIpc) is 2.30. The summed E-state index contributed by atoms with van der Waals surface area (Å²) in [7, 11) is 0.885. The fraction of sp³-hybridized carbons (Fsp3) is 0.917. The first-order chi connectivity index (χ1) is 8.41. The lowest BCUT2D eigenvalue weighted by Gasteiger charge is -2.18. The van der Waals surface area contributed by atoms with Crippen molar-refractivity contribution in [2.75, 3.05) is 39.1 Å². The molecule has 1 atom stereocenters. The molecule has 0 amide bonds. The van der Waals surface area contributed by atoms with Crippen LogP contribution in [0.3, 0.4) is 0 Å². The third-order valence-corrected chi connectivity index (χ3v) is 4.17. The molecule has 0 aromatic rings. The average molecular weight is 277 g/mol. The van der Waals surface area contributed by atoms with Gasteiger partial charge in [0, 0.05) is 48.0 Å². The van der Waals surface area contributed by atoms with E-state index in [1.165, 1.54) is 0 Å². The minimum absolute atomic E-state index is 0.159. The topological polar surface area (TPSA) is 62.7 Å². The third kappa shape index (κ3) is 8.47. The molecule has 0 fully saturated rings. The van der Waals surface area contributed by atoms with Gasteiger partial charge in [-0.15, -0.1) is 0 Å². The normalized spacial score (nSPS) is 14.4. The molecule has 0 aliphatic rings. The van der Waals surface area contributed by atoms with Crippen LogP contribution < -0.4 is 10.6 Å². The lowest BCUT2D eigenvalue weighted by atomic mass is 10.3. The monoisotopic (exact) mass is 277 g/mol. The Kier molecular flexibility index (Phi) is 9.01. The molecule has 0 radical (unpaired) electrons. The molecular formula is C12H27N3O2S. The Morgan fingerprint density at radius 1 is 1.28 bits per heavy atom. The van der Waals surface area contributed by atoms with Gasteiger partial charge < -0.3 is 15.4 Å². The summed E-state index contributed by atoms with van der Waals surface area (Å²) in [5.74, 6) is 1.34. The predicted molar refractivity (Wildman–Crippen MR) is 78.6 cm³/mol. The first kappa shape index (κ1) is 17.4. The Morgan fingerprint density at radius 2 is 1.89 bits per heavy atom. The van der Waals surface area contributed by atoms with Gasteiger partial charge in [-0.25, -0.2) is 0 Å². The first-order valence-corrected chi connectivity index (χ1v) is 7.64. The number of hydrogen-bond acceptors (Lipinski definition) is 3. The maximum absolute atomic E-state index is 11.8. The smallest absolute Gasteiger partial charge is 0.191 e. The van der Waals surface area contributed by atoms with Gasteiger partial charge in [0.05, 0.1) is 6.61 Å². The van der Waals surface area contributed by atoms with E-state index < -0.39 is 10.8 Å². The summed E-state index contributed by atoms with van der Waals surface area (Å²) >= 11 is 0. The summed E-state index contributed by atoms with van der Waals surface area (Å²) in [5, 5.41) is 6.27. The minimum Gasteiger partial charge on any atom is -0.380 e. The van der Waals surface area contributed by atoms with E-state index in [2.05, 4.69) is 15.6 Å². The lowest BCUT2D eigenvalue weighted by molar-refractivity contribution is 0.152. The number of nitrogens with one attached hydrogen (secondary N) is 2. The molecule has 0 aliphatic heterocycles. The molecule has 108 valence electrons. The zero-order valence-corrected chi connectivity index (χ0v) is 13.0. The molecule has 0 bridgehead atoms. The molecule has 0 saturated heterocycles. The van der Waals surface area contributed by atoms with E-state index in [4.69, 9.17) is 4.74 Å². The van der Waals surface area contributed by atoms with Crippen LogP contribution in [0.2, 0.25) is 0 Å². The Bertz CT molecular complexity index is 275. The zero-order valence-electron chi connectivity index (χ0n) is 12.2. The van der Waals surface area contributed by atoms with Gasteiger partial charge in [-0.05, 0) is 27.7 Å². The molecule has 0 aliphatic carbocycles. The van der Waals surface area contributed by atoms with Crippen LogP contribution in [0.15, 0.2) is 4.99 Å². The molecule has 6 heteroatoms. The van der Waals surface area contributed by atoms with Crippen molar-refractivity contribution in [1.29, 1.82) is 0 Å². The second-order valence-electron chi connectivity index (χ2n) is 4.78. The number of nitrogens with zero attached hydrogens (tertiary/aromatic N) is 1. The zero-order chi connectivity index (χ0) is 14.0. The third-order valence-electron chi connectivity index (χ3n) is 2.23. The van der Waals surface area contributed by atoms with Crippen LogP contribution in [0.25, 0.3) is 0 Å². The van der Waals surface area contributed by atoms with Crippen molar-refractivity contribution in [3.8, 4) is 0 Å². The van der Waals surface area contributed by atoms with E-state index in [1.54, 1.807) is 7.05 Å². The van der Waals surface area contributed by atoms with Crippen LogP contribution >= 0.6 is 0 Å². The Morgan fingerprint density at radius 3 is 2.39 bits per heavy atom. The largest absolute Gasteiger partial charge is 0.380 e. The number of ether oxygens (including phenoxy) is 1. The highest BCUT2D eigenvalue weighted by molar-refractivity contribution is 7.86. The van der Waals surface area contributed by atoms with E-state index in [-0.39, 0.29) is 4.75 Å². The van der Waals surface area contributed by atoms with Crippen LogP contribution in [-0.2, 0) is 15.5 Å². The molecule has 1 unspecified atom stereocenters. The summed E-state index contributed by atoms with van der Waals surface area (Å²) in [6.07, 6.45) is 0. The lowest BCUT2D eigenvalue weighted by Crippen LogP contribution is -2.41. The molecule has 0 rings (SSSR count). The first-order valence-electron chi connectivity index (χ1n) is 6.32. The van der Waals surface area contributed by atoms with E-state index >= 15 is 0 Å². The van der Waals surface area contributed by atoms with Crippen LogP contribution in [0.4, 0.5) is 0 Å². The number of guanidine groups is 1. The van der Waals surface area contributed by atoms with Crippen LogP contribution in [0.5, 0.6) is 0 Å². The predicted octanol–water partition coefficient (Wildman–Crippen LogP) is 0.735. The van der Waals surface area contributed by atoms with Gasteiger partial charge in [-0.2, -0.15) is 0 Å². The molecular weight excluding hydrogens is 250 g/mol. The maximum atomic E-state index is 11.8. The second-order valence-corrected chi connectivity index (χ2v) is 7.11. The quantitative estimate of drug-likeness (QED) is 0.409. The van der Waals surface area contributed by atoms with Gasteiger partial charge in [-0.3, -0.25) is 9.20 Å². The van der Waals surface area contributed by atoms with Crippen molar-refractivity contribution in [2.45, 2.75) is 32.4 Å². The van der Waals surface area contributed by atoms with Crippen molar-refractivity contribution in [1.82, 2.24) is 10.6 Å². The molecule has 18 heavy (non-hydrogen) atoms. The highest BCUT2D eigenvalue weighted by atomic mass is 32.2. The highest BCUT2D eigenvalue weighted by Gasteiger charge is 2.18. The van der Waals surface area contributed by atoms with E-state index in [1.807, 2.05) is 27.7 Å². The fourth-order valence-electron chi connectivity index (χ4n) is 1.17. The van der Waals surface area contributed by atoms with E-state index in [0.717, 1.165) is 19.1 Å². The summed E-state index contributed by atoms with van der Waals surface area (Å²) in [6, 6.07) is 0. The molecule has 0 aromatic carbocycles. The Balaban J connectivity index is 3.79. The summed E-state index contributed by atoms with van der Waals surface area (Å²) in [4.78, 5) is 4.08. The molecule has 5 nitrogen and oxygen atoms in total. The standard InChI is InChI=1S/C12H27N3O2S/c1-6-17-9-7-14-11(13-5)15-8-10-18(16)12(2,3)4/h6-10H2,1-5H3,(H2,13,14,15). The van der Waals surface area contributed by atoms with Gasteiger partial charge in [0.25, 0.3) is 0 Å². The highest BCUT2D eigenvalue weighted by Crippen LogP contribution is 2.10. The van der Waals surface area contributed by atoms with Gasteiger partial charge in [0.15, 0.2) is 5.96 Å². The number of aliphatic imine (C=N–C) groups is 1. The van der Waals surface area contributed by atoms with Crippen molar-refractivity contribution in [2.24, 2.45) is 4.99 Å². The Hall–Kier alpha value is -0.620. The van der Waals surface area contributed by atoms with Crippen molar-refractivity contribution >= 4 is 16.8 Å². The number of hydrogen-bond donors (Lipinski definition) is 2. The second kappa shape index (κ2) is 9.33. The van der Waals surface area contributed by atoms with Crippen molar-refractivity contribution < 1.29 is 8.95 Å². The van der Waals surface area contributed by atoms with E-state index in [0.29, 0.717) is 18.9 Å². The van der Waals surface area contributed by atoms with Gasteiger partial charge in [-0.1, -0.05) is 0 Å². The van der Waals surface area contributed by atoms with Gasteiger partial charge in [0.1, 0.15) is 0 Å². The fourth-order valence-corrected chi connectivity index (χ4v) is 2.07. The van der Waals surface area contributed by atoms with Crippen LogP contribution in [0.1, 0.15) is 27.7 Å². The molecule has 0 saturated carbocycles. The van der Waals surface area contributed by atoms with Crippen molar-refractivity contribution in [3.05, 3.63) is 0 Å². The maximum Gasteiger partial charge on any atom is 0.191 e. The van der Waals surface area contributed by atoms with Gasteiger partial charge >= 0.3 is 0 Å². The SMILES string of the molecule is CCOCCNC(=NC)NCCS(=O)C(C)(C)C. The number of rotatable bonds is 7. The van der Waals surface area contributed by atoms with E-state index in [9.17, 15) is 4.21 Å². The molecule has 0 aromatic heterocycles. The minimum atomic E-state index is -0.834. The van der Waals surface area contributed by atoms with Gasteiger partial charge in [0.2, 0.25) is 0 Å². The summed E-state index contributed by atoms with van der Waals surface area (Å²) in [5.41, 5.74) is 0. The molecule has 0 heterocycles. The van der Waals surface area contributed by atoms with Crippen LogP contribution in [0, 0.1) is 0 Å². The molecule has 2 N–H and O–H groups in total.